The fourth-order valence-corrected chi connectivity index (χ4v) is 3.69. The highest BCUT2D eigenvalue weighted by atomic mass is 32.2. The number of aryl methyl sites for hydroxylation is 1. The van der Waals surface area contributed by atoms with Gasteiger partial charge in [0.15, 0.2) is 0 Å². The number of hydrogen-bond acceptors (Lipinski definition) is 3. The minimum atomic E-state index is -4.71. The standard InChI is InChI=1S/C15H14F7NS2/c1-8-2-10(16)11(4-12(8)25-7-14(17,18)19)23-13(15(20,21)22)3-9-5-24-6-9/h2,4,9H,3,5-7H2,1H3. The molecular weight excluding hydrogens is 391 g/mol. The van der Waals surface area contributed by atoms with Crippen LogP contribution >= 0.6 is 23.5 Å². The SMILES string of the molecule is Cc1cc(F)c(N=C(CC2CSC2)C(F)(F)F)cc1SCC(F)(F)F. The first-order chi connectivity index (χ1) is 11.5. The van der Waals surface area contributed by atoms with Crippen molar-refractivity contribution in [3.8, 4) is 0 Å². The van der Waals surface area contributed by atoms with Gasteiger partial charge in [-0.2, -0.15) is 38.1 Å². The lowest BCUT2D eigenvalue weighted by Crippen LogP contribution is -2.30. The zero-order valence-corrected chi connectivity index (χ0v) is 14.6. The molecule has 1 aliphatic heterocycles. The third-order valence-corrected chi connectivity index (χ3v) is 6.04. The summed E-state index contributed by atoms with van der Waals surface area (Å²) in [5.74, 6) is -1.21. The summed E-state index contributed by atoms with van der Waals surface area (Å²) in [6.07, 6.45) is -9.47. The predicted molar refractivity (Wildman–Crippen MR) is 86.5 cm³/mol. The molecular formula is C15H14F7NS2. The summed E-state index contributed by atoms with van der Waals surface area (Å²) in [7, 11) is 0. The minimum Gasteiger partial charge on any atom is -0.245 e. The molecule has 10 heteroatoms. The van der Waals surface area contributed by atoms with E-state index in [0.717, 1.165) is 12.1 Å². The first kappa shape index (κ1) is 20.4. The zero-order chi connectivity index (χ0) is 18.8. The number of rotatable bonds is 5. The van der Waals surface area contributed by atoms with Crippen LogP contribution in [0.15, 0.2) is 22.0 Å². The molecule has 140 valence electrons. The van der Waals surface area contributed by atoms with Crippen molar-refractivity contribution in [1.29, 1.82) is 0 Å². The number of nitrogens with zero attached hydrogens (tertiary/aromatic N) is 1. The molecule has 1 aliphatic rings. The molecule has 1 heterocycles. The van der Waals surface area contributed by atoms with Crippen LogP contribution in [0.2, 0.25) is 0 Å². The number of thioether (sulfide) groups is 2. The molecule has 2 rings (SSSR count). The lowest BCUT2D eigenvalue weighted by Gasteiger charge is -2.26. The van der Waals surface area contributed by atoms with Crippen LogP contribution in [-0.4, -0.2) is 35.3 Å². The summed E-state index contributed by atoms with van der Waals surface area (Å²) < 4.78 is 90.4. The number of halogens is 7. The predicted octanol–water partition coefficient (Wildman–Crippen LogP) is 6.18. The molecule has 0 amide bonds. The summed E-state index contributed by atoms with van der Waals surface area (Å²) in [5, 5.41) is 0. The third kappa shape index (κ3) is 6.09. The van der Waals surface area contributed by atoms with Crippen LogP contribution in [0.1, 0.15) is 12.0 Å². The van der Waals surface area contributed by atoms with E-state index >= 15 is 0 Å². The van der Waals surface area contributed by atoms with Gasteiger partial charge in [0.05, 0.1) is 5.75 Å². The van der Waals surface area contributed by atoms with Crippen LogP contribution in [0.4, 0.5) is 36.4 Å². The lowest BCUT2D eigenvalue weighted by molar-refractivity contribution is -0.105. The Labute approximate surface area is 148 Å². The highest BCUT2D eigenvalue weighted by Gasteiger charge is 2.38. The van der Waals surface area contributed by atoms with Crippen molar-refractivity contribution < 1.29 is 30.7 Å². The first-order valence-electron chi connectivity index (χ1n) is 7.18. The van der Waals surface area contributed by atoms with Gasteiger partial charge in [0.1, 0.15) is 17.2 Å². The van der Waals surface area contributed by atoms with Gasteiger partial charge in [-0.1, -0.05) is 0 Å². The van der Waals surface area contributed by atoms with E-state index in [2.05, 4.69) is 4.99 Å². The van der Waals surface area contributed by atoms with Crippen LogP contribution in [0.25, 0.3) is 0 Å². The lowest BCUT2D eigenvalue weighted by atomic mass is 10.0. The van der Waals surface area contributed by atoms with E-state index in [-0.39, 0.29) is 22.8 Å². The molecule has 1 aromatic carbocycles. The molecule has 0 aromatic heterocycles. The molecule has 0 atom stereocenters. The summed E-state index contributed by atoms with van der Waals surface area (Å²) in [6.45, 7) is 1.39. The molecule has 0 spiro atoms. The van der Waals surface area contributed by atoms with Crippen molar-refractivity contribution in [2.45, 2.75) is 30.6 Å². The van der Waals surface area contributed by atoms with E-state index in [1.165, 1.54) is 18.7 Å². The average Bonchev–Trinajstić information content (AvgIpc) is 2.39. The summed E-state index contributed by atoms with van der Waals surface area (Å²) >= 11 is 1.91. The highest BCUT2D eigenvalue weighted by Crippen LogP contribution is 2.36. The Hall–Kier alpha value is -0.900. The van der Waals surface area contributed by atoms with Crippen molar-refractivity contribution in [2.24, 2.45) is 10.9 Å². The van der Waals surface area contributed by atoms with Crippen molar-refractivity contribution in [1.82, 2.24) is 0 Å². The normalized spacial score (nSPS) is 16.9. The smallest absolute Gasteiger partial charge is 0.245 e. The molecule has 0 aliphatic carbocycles. The van der Waals surface area contributed by atoms with Gasteiger partial charge >= 0.3 is 12.4 Å². The second-order valence-electron chi connectivity index (χ2n) is 5.64. The van der Waals surface area contributed by atoms with Crippen molar-refractivity contribution in [3.63, 3.8) is 0 Å². The highest BCUT2D eigenvalue weighted by molar-refractivity contribution is 8.00. The number of alkyl halides is 6. The Morgan fingerprint density at radius 2 is 1.84 bits per heavy atom. The van der Waals surface area contributed by atoms with Gasteiger partial charge in [0.25, 0.3) is 0 Å². The van der Waals surface area contributed by atoms with Gasteiger partial charge < -0.3 is 0 Å². The van der Waals surface area contributed by atoms with Crippen molar-refractivity contribution >= 4 is 34.9 Å². The molecule has 0 radical (unpaired) electrons. The van der Waals surface area contributed by atoms with Crippen LogP contribution < -0.4 is 0 Å². The molecule has 25 heavy (non-hydrogen) atoms. The quantitative estimate of drug-likeness (QED) is 0.330. The van der Waals surface area contributed by atoms with E-state index < -0.39 is 35.3 Å². The van der Waals surface area contributed by atoms with Gasteiger partial charge in [-0.05, 0) is 48.5 Å². The molecule has 0 saturated carbocycles. The third-order valence-electron chi connectivity index (χ3n) is 3.41. The van der Waals surface area contributed by atoms with E-state index in [1.807, 2.05) is 0 Å². The monoisotopic (exact) mass is 405 g/mol. The Morgan fingerprint density at radius 1 is 1.20 bits per heavy atom. The van der Waals surface area contributed by atoms with Crippen molar-refractivity contribution in [3.05, 3.63) is 23.5 Å². The topological polar surface area (TPSA) is 12.4 Å². The van der Waals surface area contributed by atoms with Gasteiger partial charge in [-0.25, -0.2) is 9.38 Å². The fourth-order valence-electron chi connectivity index (χ4n) is 2.09. The molecule has 1 fully saturated rings. The summed E-state index contributed by atoms with van der Waals surface area (Å²) in [5.41, 5.74) is -1.48. The largest absolute Gasteiger partial charge is 0.429 e. The number of benzene rings is 1. The summed E-state index contributed by atoms with van der Waals surface area (Å²) in [4.78, 5) is 3.46. The second-order valence-corrected chi connectivity index (χ2v) is 7.73. The zero-order valence-electron chi connectivity index (χ0n) is 13.0. The Bertz CT molecular complexity index is 649. The van der Waals surface area contributed by atoms with Crippen LogP contribution in [0, 0.1) is 18.7 Å². The first-order valence-corrected chi connectivity index (χ1v) is 9.32. The van der Waals surface area contributed by atoms with Crippen molar-refractivity contribution in [2.75, 3.05) is 17.3 Å². The van der Waals surface area contributed by atoms with Gasteiger partial charge in [-0.3, -0.25) is 0 Å². The molecule has 1 aromatic rings. The minimum absolute atomic E-state index is 0.0539. The van der Waals surface area contributed by atoms with Crippen LogP contribution in [0.5, 0.6) is 0 Å². The fraction of sp³-hybridized carbons (Fsp3) is 0.533. The van der Waals surface area contributed by atoms with Gasteiger partial charge in [0.2, 0.25) is 0 Å². The average molecular weight is 405 g/mol. The maximum Gasteiger partial charge on any atom is 0.429 e. The summed E-state index contributed by atoms with van der Waals surface area (Å²) in [6, 6.07) is 1.85. The number of hydrogen-bond donors (Lipinski definition) is 0. The number of aliphatic imine (C=N–C) groups is 1. The Kier molecular flexibility index (Phi) is 6.35. The van der Waals surface area contributed by atoms with E-state index in [0.29, 0.717) is 23.3 Å². The van der Waals surface area contributed by atoms with Gasteiger partial charge in [0, 0.05) is 4.90 Å². The molecule has 0 N–H and O–H groups in total. The van der Waals surface area contributed by atoms with Crippen LogP contribution in [-0.2, 0) is 0 Å². The Balaban J connectivity index is 2.31. The van der Waals surface area contributed by atoms with E-state index in [9.17, 15) is 30.7 Å². The van der Waals surface area contributed by atoms with Gasteiger partial charge in [-0.15, -0.1) is 11.8 Å². The van der Waals surface area contributed by atoms with E-state index in [4.69, 9.17) is 0 Å². The maximum atomic E-state index is 14.0. The maximum absolute atomic E-state index is 14.0. The second kappa shape index (κ2) is 7.77. The molecule has 1 nitrogen and oxygen atoms in total. The Morgan fingerprint density at radius 3 is 2.32 bits per heavy atom. The van der Waals surface area contributed by atoms with E-state index in [1.54, 1.807) is 0 Å². The molecule has 1 saturated heterocycles. The molecule has 0 bridgehead atoms. The van der Waals surface area contributed by atoms with Crippen LogP contribution in [0.3, 0.4) is 0 Å². The molecule has 0 unspecified atom stereocenters.